The van der Waals surface area contributed by atoms with Crippen LogP contribution in [0, 0.1) is 12.8 Å². The van der Waals surface area contributed by atoms with Crippen LogP contribution in [0.4, 0.5) is 0 Å². The number of rotatable bonds is 4. The van der Waals surface area contributed by atoms with E-state index in [0.717, 1.165) is 24.8 Å². The Morgan fingerprint density at radius 1 is 1.33 bits per heavy atom. The Bertz CT molecular complexity index is 549. The van der Waals surface area contributed by atoms with Crippen LogP contribution in [-0.2, 0) is 9.53 Å². The summed E-state index contributed by atoms with van der Waals surface area (Å²) in [6, 6.07) is 7.25. The van der Waals surface area contributed by atoms with Gasteiger partial charge in [-0.25, -0.2) is 5.43 Å². The minimum atomic E-state index is -0.316. The first-order valence-corrected chi connectivity index (χ1v) is 7.22. The van der Waals surface area contributed by atoms with Crippen molar-refractivity contribution in [3.05, 3.63) is 35.4 Å². The van der Waals surface area contributed by atoms with Crippen LogP contribution in [0.25, 0.3) is 0 Å². The summed E-state index contributed by atoms with van der Waals surface area (Å²) in [5.74, 6) is -0.835. The van der Waals surface area contributed by atoms with Gasteiger partial charge in [-0.3, -0.25) is 9.59 Å². The average molecular weight is 288 g/mol. The molecule has 1 unspecified atom stereocenters. The molecule has 5 nitrogen and oxygen atoms in total. The number of carbonyl (C=O) groups excluding carboxylic acids is 2. The molecule has 0 bridgehead atoms. The zero-order chi connectivity index (χ0) is 15.2. The maximum atomic E-state index is 12.0. The Labute approximate surface area is 124 Å². The van der Waals surface area contributed by atoms with Gasteiger partial charge in [-0.1, -0.05) is 17.7 Å². The fourth-order valence-electron chi connectivity index (χ4n) is 2.35. The lowest BCUT2D eigenvalue weighted by molar-refractivity contribution is -0.145. The van der Waals surface area contributed by atoms with Gasteiger partial charge in [0.05, 0.1) is 18.2 Å². The van der Waals surface area contributed by atoms with E-state index in [9.17, 15) is 9.59 Å². The molecule has 0 aliphatic heterocycles. The highest BCUT2D eigenvalue weighted by Gasteiger charge is 2.30. The van der Waals surface area contributed by atoms with Crippen molar-refractivity contribution in [2.75, 3.05) is 6.61 Å². The SMILES string of the molecule is CCOC(=O)C1CCC/C1=N/NC(=O)c1ccc(C)cc1. The lowest BCUT2D eigenvalue weighted by Gasteiger charge is -2.10. The topological polar surface area (TPSA) is 67.8 Å². The first kappa shape index (κ1) is 15.2. The second kappa shape index (κ2) is 7.02. The number of hydrazone groups is 1. The highest BCUT2D eigenvalue weighted by Crippen LogP contribution is 2.23. The van der Waals surface area contributed by atoms with E-state index in [1.54, 1.807) is 19.1 Å². The molecular weight excluding hydrogens is 268 g/mol. The highest BCUT2D eigenvalue weighted by molar-refractivity contribution is 6.04. The Kier molecular flexibility index (Phi) is 5.09. The molecule has 1 aliphatic carbocycles. The second-order valence-corrected chi connectivity index (χ2v) is 5.11. The van der Waals surface area contributed by atoms with E-state index in [1.165, 1.54) is 0 Å². The monoisotopic (exact) mass is 288 g/mol. The maximum absolute atomic E-state index is 12.0. The van der Waals surface area contributed by atoms with Gasteiger partial charge in [-0.15, -0.1) is 0 Å². The summed E-state index contributed by atoms with van der Waals surface area (Å²) in [5, 5.41) is 4.12. The lowest BCUT2D eigenvalue weighted by Crippen LogP contribution is -2.25. The standard InChI is InChI=1S/C16H20N2O3/c1-3-21-16(20)13-5-4-6-14(13)17-18-15(19)12-9-7-11(2)8-10-12/h7-10,13H,3-6H2,1-2H3,(H,18,19)/b17-14-. The first-order valence-electron chi connectivity index (χ1n) is 7.22. The minimum Gasteiger partial charge on any atom is -0.465 e. The smallest absolute Gasteiger partial charge is 0.314 e. The molecule has 0 radical (unpaired) electrons. The number of aryl methyl sites for hydroxylation is 1. The Morgan fingerprint density at radius 2 is 2.05 bits per heavy atom. The maximum Gasteiger partial charge on any atom is 0.314 e. The molecule has 2 rings (SSSR count). The summed E-state index contributed by atoms with van der Waals surface area (Å²) < 4.78 is 5.03. The molecule has 1 aliphatic rings. The van der Waals surface area contributed by atoms with Gasteiger partial charge in [-0.2, -0.15) is 5.10 Å². The van der Waals surface area contributed by atoms with Gasteiger partial charge in [-0.05, 0) is 45.2 Å². The normalized spacial score (nSPS) is 19.5. The van der Waals surface area contributed by atoms with E-state index in [1.807, 2.05) is 19.1 Å². The summed E-state index contributed by atoms with van der Waals surface area (Å²) in [5.41, 5.74) is 4.88. The molecular formula is C16H20N2O3. The molecule has 5 heteroatoms. The minimum absolute atomic E-state index is 0.252. The van der Waals surface area contributed by atoms with Gasteiger partial charge in [0.1, 0.15) is 0 Å². The molecule has 1 fully saturated rings. The molecule has 1 N–H and O–H groups in total. The van der Waals surface area contributed by atoms with Crippen LogP contribution in [0.2, 0.25) is 0 Å². The molecule has 112 valence electrons. The summed E-state index contributed by atoms with van der Waals surface area (Å²) in [4.78, 5) is 23.8. The van der Waals surface area contributed by atoms with Crippen molar-refractivity contribution in [2.45, 2.75) is 33.1 Å². The first-order chi connectivity index (χ1) is 10.1. The molecule has 0 aromatic heterocycles. The van der Waals surface area contributed by atoms with Crippen molar-refractivity contribution in [1.82, 2.24) is 5.43 Å². The molecule has 1 amide bonds. The average Bonchev–Trinajstić information content (AvgIpc) is 2.94. The predicted octanol–water partition coefficient (Wildman–Crippen LogP) is 2.44. The number of carbonyl (C=O) groups is 2. The van der Waals surface area contributed by atoms with E-state index in [4.69, 9.17) is 4.74 Å². The molecule has 0 saturated heterocycles. The number of benzene rings is 1. The second-order valence-electron chi connectivity index (χ2n) is 5.11. The third kappa shape index (κ3) is 3.90. The van der Waals surface area contributed by atoms with E-state index in [2.05, 4.69) is 10.5 Å². The molecule has 21 heavy (non-hydrogen) atoms. The van der Waals surface area contributed by atoms with E-state index < -0.39 is 0 Å². The van der Waals surface area contributed by atoms with Gasteiger partial charge in [0.15, 0.2) is 0 Å². The number of amides is 1. The van der Waals surface area contributed by atoms with Crippen molar-refractivity contribution < 1.29 is 14.3 Å². The fraction of sp³-hybridized carbons (Fsp3) is 0.438. The molecule has 1 aromatic rings. The number of esters is 1. The molecule has 1 saturated carbocycles. The lowest BCUT2D eigenvalue weighted by atomic mass is 10.1. The van der Waals surface area contributed by atoms with Crippen LogP contribution < -0.4 is 5.43 Å². The van der Waals surface area contributed by atoms with Crippen LogP contribution in [-0.4, -0.2) is 24.2 Å². The number of hydrogen-bond acceptors (Lipinski definition) is 4. The number of hydrogen-bond donors (Lipinski definition) is 1. The van der Waals surface area contributed by atoms with E-state index in [-0.39, 0.29) is 17.8 Å². The van der Waals surface area contributed by atoms with Crippen LogP contribution in [0.5, 0.6) is 0 Å². The van der Waals surface area contributed by atoms with E-state index in [0.29, 0.717) is 17.9 Å². The van der Waals surface area contributed by atoms with Crippen molar-refractivity contribution in [1.29, 1.82) is 0 Å². The largest absolute Gasteiger partial charge is 0.465 e. The summed E-state index contributed by atoms with van der Waals surface area (Å²) in [6.07, 6.45) is 2.35. The zero-order valence-electron chi connectivity index (χ0n) is 12.4. The van der Waals surface area contributed by atoms with Crippen LogP contribution >= 0.6 is 0 Å². The van der Waals surface area contributed by atoms with E-state index >= 15 is 0 Å². The third-order valence-electron chi connectivity index (χ3n) is 3.51. The van der Waals surface area contributed by atoms with Crippen molar-refractivity contribution in [3.8, 4) is 0 Å². The van der Waals surface area contributed by atoms with Gasteiger partial charge in [0.2, 0.25) is 0 Å². The van der Waals surface area contributed by atoms with Crippen LogP contribution in [0.1, 0.15) is 42.1 Å². The molecule has 0 heterocycles. The van der Waals surface area contributed by atoms with Crippen LogP contribution in [0.3, 0.4) is 0 Å². The number of nitrogens with one attached hydrogen (secondary N) is 1. The Hall–Kier alpha value is -2.17. The summed E-state index contributed by atoms with van der Waals surface area (Å²) >= 11 is 0. The van der Waals surface area contributed by atoms with Gasteiger partial charge in [0.25, 0.3) is 5.91 Å². The summed E-state index contributed by atoms with van der Waals surface area (Å²) in [7, 11) is 0. The predicted molar refractivity (Wildman–Crippen MR) is 80.1 cm³/mol. The highest BCUT2D eigenvalue weighted by atomic mass is 16.5. The van der Waals surface area contributed by atoms with Gasteiger partial charge >= 0.3 is 5.97 Å². The van der Waals surface area contributed by atoms with Gasteiger partial charge < -0.3 is 4.74 Å². The zero-order valence-corrected chi connectivity index (χ0v) is 12.4. The fourth-order valence-corrected chi connectivity index (χ4v) is 2.35. The number of nitrogens with zero attached hydrogens (tertiary/aromatic N) is 1. The molecule has 0 spiro atoms. The Balaban J connectivity index is 2.00. The Morgan fingerprint density at radius 3 is 2.71 bits per heavy atom. The van der Waals surface area contributed by atoms with Crippen molar-refractivity contribution in [2.24, 2.45) is 11.0 Å². The summed E-state index contributed by atoms with van der Waals surface area (Å²) in [6.45, 7) is 4.10. The molecule has 1 atom stereocenters. The number of ether oxygens (including phenoxy) is 1. The van der Waals surface area contributed by atoms with Crippen LogP contribution in [0.15, 0.2) is 29.4 Å². The van der Waals surface area contributed by atoms with Crippen molar-refractivity contribution in [3.63, 3.8) is 0 Å². The van der Waals surface area contributed by atoms with Gasteiger partial charge in [0, 0.05) is 5.56 Å². The quantitative estimate of drug-likeness (QED) is 0.683. The molecule has 1 aromatic carbocycles. The van der Waals surface area contributed by atoms with Crippen molar-refractivity contribution >= 4 is 17.6 Å². The third-order valence-corrected chi connectivity index (χ3v) is 3.51.